The van der Waals surface area contributed by atoms with Crippen LogP contribution >= 0.6 is 0 Å². The molecule has 55 heavy (non-hydrogen) atoms. The summed E-state index contributed by atoms with van der Waals surface area (Å²) in [6.07, 6.45) is 4.61. The molecule has 0 spiro atoms. The second-order valence-electron chi connectivity index (χ2n) is 16.7. The van der Waals surface area contributed by atoms with E-state index >= 15 is 0 Å². The van der Waals surface area contributed by atoms with E-state index in [-0.39, 0.29) is 54.7 Å². The first kappa shape index (κ1) is 40.6. The van der Waals surface area contributed by atoms with E-state index in [0.29, 0.717) is 18.5 Å². The van der Waals surface area contributed by atoms with Crippen LogP contribution in [0.2, 0.25) is 0 Å². The Labute approximate surface area is 326 Å². The molecule has 1 aliphatic carbocycles. The van der Waals surface area contributed by atoms with Crippen LogP contribution in [-0.4, -0.2) is 64.2 Å². The lowest BCUT2D eigenvalue weighted by Gasteiger charge is -2.51. The van der Waals surface area contributed by atoms with Crippen molar-refractivity contribution in [3.63, 3.8) is 0 Å². The van der Waals surface area contributed by atoms with Gasteiger partial charge in [0.2, 0.25) is 5.91 Å². The third-order valence-corrected chi connectivity index (χ3v) is 11.5. The molecule has 3 aromatic carbocycles. The van der Waals surface area contributed by atoms with Crippen LogP contribution in [0.4, 0.5) is 0 Å². The molecular weight excluding hydrogens is 695 g/mol. The van der Waals surface area contributed by atoms with Gasteiger partial charge in [0.25, 0.3) is 5.91 Å². The number of nitrogens with zero attached hydrogens (tertiary/aromatic N) is 1. The number of carbonyl (C=O) groups is 3. The Hall–Kier alpha value is -4.09. The zero-order chi connectivity index (χ0) is 39.3. The predicted molar refractivity (Wildman–Crippen MR) is 211 cm³/mol. The number of aliphatic hydroxyl groups excluding tert-OH is 1. The lowest BCUT2D eigenvalue weighted by Crippen LogP contribution is -2.61. The quantitative estimate of drug-likeness (QED) is 0.177. The average molecular weight is 754 g/mol. The molecule has 10 heteroatoms. The molecule has 3 aromatic rings. The smallest absolute Gasteiger partial charge is 0.303 e. The molecule has 8 unspecified atom stereocenters. The molecule has 3 fully saturated rings. The van der Waals surface area contributed by atoms with E-state index in [4.69, 9.17) is 14.2 Å². The van der Waals surface area contributed by atoms with E-state index in [1.165, 1.54) is 26.2 Å². The second-order valence-corrected chi connectivity index (χ2v) is 16.7. The maximum Gasteiger partial charge on any atom is 0.303 e. The summed E-state index contributed by atoms with van der Waals surface area (Å²) in [5, 5.41) is 15.9. The molecule has 3 N–H and O–H groups in total. The number of likely N-dealkylation sites (tertiary alicyclic amines) is 1. The number of amides is 2. The summed E-state index contributed by atoms with van der Waals surface area (Å²) in [4.78, 5) is 40.3. The number of hydrogen-bond donors (Lipinski definition) is 3. The van der Waals surface area contributed by atoms with Crippen LogP contribution in [0.25, 0.3) is 11.1 Å². The molecule has 2 aliphatic heterocycles. The molecule has 6 rings (SSSR count). The van der Waals surface area contributed by atoms with Crippen LogP contribution in [0, 0.1) is 11.8 Å². The van der Waals surface area contributed by atoms with Crippen LogP contribution < -0.4 is 10.6 Å². The van der Waals surface area contributed by atoms with Gasteiger partial charge in [0, 0.05) is 43.1 Å². The molecule has 2 heterocycles. The second kappa shape index (κ2) is 17.8. The summed E-state index contributed by atoms with van der Waals surface area (Å²) in [6.45, 7) is 12.0. The number of piperidine rings is 1. The summed E-state index contributed by atoms with van der Waals surface area (Å²) >= 11 is 0. The van der Waals surface area contributed by atoms with Gasteiger partial charge >= 0.3 is 5.97 Å². The van der Waals surface area contributed by atoms with Gasteiger partial charge in [-0.25, -0.2) is 0 Å². The largest absolute Gasteiger partial charge is 0.453 e. The van der Waals surface area contributed by atoms with Crippen molar-refractivity contribution in [2.75, 3.05) is 6.54 Å². The maximum absolute atomic E-state index is 13.9. The van der Waals surface area contributed by atoms with E-state index in [0.717, 1.165) is 52.6 Å². The zero-order valence-electron chi connectivity index (χ0n) is 33.3. The van der Waals surface area contributed by atoms with Crippen LogP contribution in [0.5, 0.6) is 0 Å². The van der Waals surface area contributed by atoms with Gasteiger partial charge in [-0.1, -0.05) is 92.6 Å². The Morgan fingerprint density at radius 1 is 0.909 bits per heavy atom. The zero-order valence-corrected chi connectivity index (χ0v) is 33.3. The monoisotopic (exact) mass is 753 g/mol. The van der Waals surface area contributed by atoms with E-state index in [1.54, 1.807) is 6.92 Å². The van der Waals surface area contributed by atoms with Gasteiger partial charge in [-0.3, -0.25) is 19.3 Å². The minimum Gasteiger partial charge on any atom is -0.453 e. The third kappa shape index (κ3) is 10.0. The standard InChI is InChI=1S/C45H59N3O7/c1-28-40(26-48-38-14-10-8-11-33(38)23-24-39(48)43(52)47-45(4,5)6)54-44(55-41(28)34-17-15-31(27-49)16-18-34)35-21-19-32(20-22-35)37-13-9-7-12-36(37)25-46-42(51)29(2)53-30(3)50/h7,9,12-13,15-22,28-29,33,38-41,44,49H,8,10-11,14,23-27H2,1-6H3,(H,46,51)(H,47,52). The SMILES string of the molecule is CC(=O)OC(C)C(=O)NCc1ccccc1-c1ccc(C2OC(CN3C(C(=O)NC(C)(C)C)CCC4CCCCC43)C(C)C(c3ccc(CO)cc3)O2)cc1. The number of hydrogen-bond acceptors (Lipinski definition) is 8. The van der Waals surface area contributed by atoms with Crippen LogP contribution in [0.3, 0.4) is 0 Å². The van der Waals surface area contributed by atoms with Crippen molar-refractivity contribution in [2.45, 2.75) is 135 Å². The highest BCUT2D eigenvalue weighted by atomic mass is 16.7. The van der Waals surface area contributed by atoms with Crippen LogP contribution in [0.1, 0.15) is 115 Å². The van der Waals surface area contributed by atoms with E-state index < -0.39 is 18.4 Å². The van der Waals surface area contributed by atoms with Gasteiger partial charge in [-0.2, -0.15) is 0 Å². The van der Waals surface area contributed by atoms with Crippen molar-refractivity contribution in [1.82, 2.24) is 15.5 Å². The Bertz CT molecular complexity index is 1770. The normalized spacial score (nSPS) is 26.3. The molecule has 2 amide bonds. The molecule has 0 aromatic heterocycles. The number of fused-ring (bicyclic) bond motifs is 1. The molecular formula is C45H59N3O7. The van der Waals surface area contributed by atoms with Crippen molar-refractivity contribution >= 4 is 17.8 Å². The summed E-state index contributed by atoms with van der Waals surface area (Å²) in [7, 11) is 0. The highest BCUT2D eigenvalue weighted by Gasteiger charge is 2.46. The Kier molecular flexibility index (Phi) is 13.1. The fraction of sp³-hybridized carbons (Fsp3) is 0.533. The number of ether oxygens (including phenoxy) is 3. The third-order valence-electron chi connectivity index (χ3n) is 11.5. The first-order valence-electron chi connectivity index (χ1n) is 20.0. The lowest BCUT2D eigenvalue weighted by atomic mass is 9.75. The highest BCUT2D eigenvalue weighted by Crippen LogP contribution is 2.44. The van der Waals surface area contributed by atoms with Crippen LogP contribution in [-0.2, 0) is 41.7 Å². The molecule has 0 radical (unpaired) electrons. The first-order valence-corrected chi connectivity index (χ1v) is 20.0. The summed E-state index contributed by atoms with van der Waals surface area (Å²) in [5.74, 6) is -0.199. The summed E-state index contributed by atoms with van der Waals surface area (Å²) in [5.41, 5.74) is 5.30. The Morgan fingerprint density at radius 3 is 2.29 bits per heavy atom. The van der Waals surface area contributed by atoms with E-state index in [1.807, 2.05) is 93.6 Å². The molecule has 10 nitrogen and oxygen atoms in total. The minimum atomic E-state index is -0.882. The molecule has 296 valence electrons. The van der Waals surface area contributed by atoms with E-state index in [9.17, 15) is 19.5 Å². The Balaban J connectivity index is 1.26. The molecule has 2 saturated heterocycles. The van der Waals surface area contributed by atoms with Crippen molar-refractivity contribution in [2.24, 2.45) is 11.8 Å². The predicted octanol–water partition coefficient (Wildman–Crippen LogP) is 7.14. The highest BCUT2D eigenvalue weighted by molar-refractivity contribution is 5.83. The molecule has 8 atom stereocenters. The fourth-order valence-electron chi connectivity index (χ4n) is 8.67. The van der Waals surface area contributed by atoms with Crippen molar-refractivity contribution in [3.05, 3.63) is 95.1 Å². The van der Waals surface area contributed by atoms with Gasteiger partial charge in [0.05, 0.1) is 24.9 Å². The maximum atomic E-state index is 13.9. The number of esters is 1. The number of carbonyl (C=O) groups excluding carboxylic acids is 3. The van der Waals surface area contributed by atoms with Gasteiger partial charge in [-0.05, 0) is 87.1 Å². The molecule has 0 bridgehead atoms. The minimum absolute atomic E-state index is 0.0172. The van der Waals surface area contributed by atoms with Crippen molar-refractivity contribution in [3.8, 4) is 11.1 Å². The fourth-order valence-corrected chi connectivity index (χ4v) is 8.67. The van der Waals surface area contributed by atoms with Crippen molar-refractivity contribution < 1.29 is 33.7 Å². The number of rotatable bonds is 11. The van der Waals surface area contributed by atoms with Gasteiger partial charge in [-0.15, -0.1) is 0 Å². The number of benzene rings is 3. The molecule has 3 aliphatic rings. The van der Waals surface area contributed by atoms with Crippen LogP contribution in [0.15, 0.2) is 72.8 Å². The van der Waals surface area contributed by atoms with Gasteiger partial charge in [0.1, 0.15) is 0 Å². The lowest BCUT2D eigenvalue weighted by molar-refractivity contribution is -0.278. The van der Waals surface area contributed by atoms with E-state index in [2.05, 4.69) is 22.5 Å². The summed E-state index contributed by atoms with van der Waals surface area (Å²) in [6, 6.07) is 24.1. The topological polar surface area (TPSA) is 126 Å². The van der Waals surface area contributed by atoms with Crippen molar-refractivity contribution in [1.29, 1.82) is 0 Å². The van der Waals surface area contributed by atoms with Gasteiger partial charge < -0.3 is 30.0 Å². The first-order chi connectivity index (χ1) is 26.3. The number of nitrogens with one attached hydrogen (secondary N) is 2. The number of aliphatic hydroxyl groups is 1. The molecule has 1 saturated carbocycles. The average Bonchev–Trinajstić information content (AvgIpc) is 3.17. The summed E-state index contributed by atoms with van der Waals surface area (Å²) < 4.78 is 18.8. The van der Waals surface area contributed by atoms with Gasteiger partial charge in [0.15, 0.2) is 12.4 Å². The Morgan fingerprint density at radius 2 is 1.60 bits per heavy atom.